The van der Waals surface area contributed by atoms with Gasteiger partial charge in [-0.05, 0) is 55.3 Å². The van der Waals surface area contributed by atoms with Gasteiger partial charge >= 0.3 is 0 Å². The Morgan fingerprint density at radius 2 is 1.97 bits per heavy atom. The third-order valence-electron chi connectivity index (χ3n) is 4.90. The van der Waals surface area contributed by atoms with E-state index in [0.717, 1.165) is 17.3 Å². The summed E-state index contributed by atoms with van der Waals surface area (Å²) in [5, 5.41) is 2.49. The molecule has 0 radical (unpaired) electrons. The first-order valence-electron chi connectivity index (χ1n) is 9.44. The Hall–Kier alpha value is -2.74. The highest BCUT2D eigenvalue weighted by Crippen LogP contribution is 2.34. The number of benzene rings is 2. The summed E-state index contributed by atoms with van der Waals surface area (Å²) >= 11 is 0. The van der Waals surface area contributed by atoms with Crippen LogP contribution in [-0.4, -0.2) is 32.0 Å². The largest absolute Gasteiger partial charge is 0.326 e. The van der Waals surface area contributed by atoms with Crippen LogP contribution in [0.25, 0.3) is 0 Å². The van der Waals surface area contributed by atoms with Crippen LogP contribution in [0, 0.1) is 5.82 Å². The van der Waals surface area contributed by atoms with Crippen molar-refractivity contribution in [3.63, 3.8) is 0 Å². The van der Waals surface area contributed by atoms with Crippen molar-refractivity contribution in [2.75, 3.05) is 16.0 Å². The second-order valence-corrected chi connectivity index (χ2v) is 9.20. The second kappa shape index (κ2) is 8.32. The molecule has 0 fully saturated rings. The SMILES string of the molecule is CCC(=O)N1c2ccc(S(=O)(=O)CCC(=O)Nc3cccc(F)c3)cc2C[C@@H]1C. The first kappa shape index (κ1) is 21.0. The van der Waals surface area contributed by atoms with Crippen LogP contribution in [0.1, 0.15) is 32.3 Å². The highest BCUT2D eigenvalue weighted by atomic mass is 32.2. The van der Waals surface area contributed by atoms with Crippen LogP contribution in [0.4, 0.5) is 15.8 Å². The lowest BCUT2D eigenvalue weighted by atomic mass is 10.1. The van der Waals surface area contributed by atoms with Crippen LogP contribution in [0.5, 0.6) is 0 Å². The lowest BCUT2D eigenvalue weighted by Gasteiger charge is -2.22. The van der Waals surface area contributed by atoms with Crippen LogP contribution in [-0.2, 0) is 25.8 Å². The minimum atomic E-state index is -3.68. The maximum Gasteiger partial charge on any atom is 0.226 e. The molecule has 2 aromatic rings. The lowest BCUT2D eigenvalue weighted by molar-refractivity contribution is -0.118. The molecule has 6 nitrogen and oxygen atoms in total. The van der Waals surface area contributed by atoms with Gasteiger partial charge in [0.05, 0.1) is 10.6 Å². The van der Waals surface area contributed by atoms with E-state index in [0.29, 0.717) is 12.8 Å². The number of carbonyl (C=O) groups excluding carboxylic acids is 2. The van der Waals surface area contributed by atoms with Gasteiger partial charge in [-0.25, -0.2) is 12.8 Å². The van der Waals surface area contributed by atoms with Crippen LogP contribution >= 0.6 is 0 Å². The van der Waals surface area contributed by atoms with E-state index in [1.807, 2.05) is 6.92 Å². The van der Waals surface area contributed by atoms with Crippen molar-refractivity contribution < 1.29 is 22.4 Å². The summed E-state index contributed by atoms with van der Waals surface area (Å²) in [6, 6.07) is 10.1. The zero-order chi connectivity index (χ0) is 21.2. The van der Waals surface area contributed by atoms with Gasteiger partial charge in [0.1, 0.15) is 5.82 Å². The molecule has 1 aliphatic heterocycles. The monoisotopic (exact) mass is 418 g/mol. The summed E-state index contributed by atoms with van der Waals surface area (Å²) in [5.74, 6) is -1.35. The lowest BCUT2D eigenvalue weighted by Crippen LogP contribution is -2.35. The van der Waals surface area contributed by atoms with E-state index in [4.69, 9.17) is 0 Å². The quantitative estimate of drug-likeness (QED) is 0.780. The van der Waals surface area contributed by atoms with Crippen molar-refractivity contribution in [2.45, 2.75) is 44.0 Å². The van der Waals surface area contributed by atoms with Crippen LogP contribution < -0.4 is 10.2 Å². The number of nitrogens with one attached hydrogen (secondary N) is 1. The van der Waals surface area contributed by atoms with Gasteiger partial charge in [0, 0.05) is 30.3 Å². The summed E-state index contributed by atoms with van der Waals surface area (Å²) < 4.78 is 38.5. The number of hydrogen-bond acceptors (Lipinski definition) is 4. The maximum absolute atomic E-state index is 13.2. The van der Waals surface area contributed by atoms with Gasteiger partial charge in [-0.2, -0.15) is 0 Å². The summed E-state index contributed by atoms with van der Waals surface area (Å²) in [7, 11) is -3.68. The zero-order valence-electron chi connectivity index (χ0n) is 16.3. The molecule has 1 atom stereocenters. The van der Waals surface area contributed by atoms with E-state index in [1.54, 1.807) is 24.0 Å². The molecule has 0 saturated heterocycles. The summed E-state index contributed by atoms with van der Waals surface area (Å²) in [6.45, 7) is 3.72. The van der Waals surface area contributed by atoms with Gasteiger partial charge in [-0.1, -0.05) is 13.0 Å². The predicted octanol–water partition coefficient (Wildman–Crippen LogP) is 3.32. The molecule has 0 unspecified atom stereocenters. The summed E-state index contributed by atoms with van der Waals surface area (Å²) in [4.78, 5) is 26.0. The fourth-order valence-corrected chi connectivity index (χ4v) is 4.77. The fraction of sp³-hybridized carbons (Fsp3) is 0.333. The Kier molecular flexibility index (Phi) is 6.02. The number of nitrogens with zero attached hydrogens (tertiary/aromatic N) is 1. The number of hydrogen-bond donors (Lipinski definition) is 1. The molecule has 1 heterocycles. The highest BCUT2D eigenvalue weighted by Gasteiger charge is 2.31. The summed E-state index contributed by atoms with van der Waals surface area (Å²) in [5.41, 5.74) is 1.83. The number of fused-ring (bicyclic) bond motifs is 1. The summed E-state index contributed by atoms with van der Waals surface area (Å²) in [6.07, 6.45) is 0.724. The third-order valence-corrected chi connectivity index (χ3v) is 6.62. The van der Waals surface area contributed by atoms with Crippen LogP contribution in [0.15, 0.2) is 47.4 Å². The van der Waals surface area contributed by atoms with Gasteiger partial charge < -0.3 is 10.2 Å². The smallest absolute Gasteiger partial charge is 0.226 e. The number of anilines is 2. The number of amides is 2. The molecule has 3 rings (SSSR count). The van der Waals surface area contributed by atoms with Crippen molar-refractivity contribution in [2.24, 2.45) is 0 Å². The number of rotatable bonds is 6. The molecule has 29 heavy (non-hydrogen) atoms. The topological polar surface area (TPSA) is 83.6 Å². The molecule has 1 aliphatic rings. The Labute approximate surface area is 169 Å². The number of sulfone groups is 1. The van der Waals surface area contributed by atoms with Crippen molar-refractivity contribution >= 4 is 33.0 Å². The predicted molar refractivity (Wildman–Crippen MR) is 109 cm³/mol. The Bertz CT molecular complexity index is 1050. The minimum Gasteiger partial charge on any atom is -0.326 e. The van der Waals surface area contributed by atoms with Gasteiger partial charge in [0.15, 0.2) is 9.84 Å². The van der Waals surface area contributed by atoms with E-state index in [9.17, 15) is 22.4 Å². The molecule has 1 N–H and O–H groups in total. The fourth-order valence-electron chi connectivity index (χ4n) is 3.49. The van der Waals surface area contributed by atoms with Crippen LogP contribution in [0.3, 0.4) is 0 Å². The molecule has 2 aromatic carbocycles. The average molecular weight is 418 g/mol. The maximum atomic E-state index is 13.2. The highest BCUT2D eigenvalue weighted by molar-refractivity contribution is 7.91. The molecule has 0 aromatic heterocycles. The molecular formula is C21H23FN2O4S. The van der Waals surface area contributed by atoms with Crippen molar-refractivity contribution in [3.05, 3.63) is 53.8 Å². The second-order valence-electron chi connectivity index (χ2n) is 7.09. The van der Waals surface area contributed by atoms with E-state index >= 15 is 0 Å². The van der Waals surface area contributed by atoms with Crippen molar-refractivity contribution in [1.82, 2.24) is 0 Å². The Morgan fingerprint density at radius 1 is 1.21 bits per heavy atom. The molecule has 154 valence electrons. The van der Waals surface area contributed by atoms with Crippen LogP contribution in [0.2, 0.25) is 0 Å². The van der Waals surface area contributed by atoms with Crippen molar-refractivity contribution in [3.8, 4) is 0 Å². The van der Waals surface area contributed by atoms with Crippen molar-refractivity contribution in [1.29, 1.82) is 0 Å². The van der Waals surface area contributed by atoms with E-state index in [2.05, 4.69) is 5.32 Å². The van der Waals surface area contributed by atoms with E-state index in [1.165, 1.54) is 24.3 Å². The van der Waals surface area contributed by atoms with E-state index in [-0.39, 0.29) is 34.7 Å². The molecule has 0 saturated carbocycles. The third kappa shape index (κ3) is 4.64. The molecule has 8 heteroatoms. The number of carbonyl (C=O) groups is 2. The van der Waals surface area contributed by atoms with Gasteiger partial charge in [0.2, 0.25) is 11.8 Å². The van der Waals surface area contributed by atoms with E-state index < -0.39 is 21.6 Å². The normalized spacial score (nSPS) is 15.8. The molecule has 2 amide bonds. The average Bonchev–Trinajstić information content (AvgIpc) is 3.01. The standard InChI is InChI=1S/C21H23FN2O4S/c1-3-21(26)24-14(2)11-15-12-18(7-8-19(15)24)29(27,28)10-9-20(25)23-17-6-4-5-16(22)13-17/h4-8,12-14H,3,9-11H2,1-2H3,(H,23,25)/t14-/m0/s1. The van der Waals surface area contributed by atoms with Gasteiger partial charge in [-0.15, -0.1) is 0 Å². The molecule has 0 spiro atoms. The number of halogens is 1. The van der Waals surface area contributed by atoms with Gasteiger partial charge in [-0.3, -0.25) is 9.59 Å². The Morgan fingerprint density at radius 3 is 2.66 bits per heavy atom. The first-order chi connectivity index (χ1) is 13.7. The van der Waals surface area contributed by atoms with Gasteiger partial charge in [0.25, 0.3) is 0 Å². The molecular weight excluding hydrogens is 395 g/mol. The first-order valence-corrected chi connectivity index (χ1v) is 11.1. The molecule has 0 aliphatic carbocycles. The Balaban J connectivity index is 1.70. The zero-order valence-corrected chi connectivity index (χ0v) is 17.1. The minimum absolute atomic E-state index is 0.000812. The molecule has 0 bridgehead atoms.